The van der Waals surface area contributed by atoms with Crippen LogP contribution in [0.15, 0.2) is 36.4 Å². The van der Waals surface area contributed by atoms with Crippen LogP contribution in [0.4, 0.5) is 34.1 Å². The number of esters is 1. The topological polar surface area (TPSA) is 167 Å². The molecule has 2 aromatic carbocycles. The molecule has 2 aromatic rings. The molecule has 0 saturated carbocycles. The van der Waals surface area contributed by atoms with Gasteiger partial charge in [-0.25, -0.2) is 14.4 Å². The lowest BCUT2D eigenvalue weighted by Crippen LogP contribution is -2.59. The van der Waals surface area contributed by atoms with Crippen molar-refractivity contribution in [1.29, 1.82) is 0 Å². The van der Waals surface area contributed by atoms with E-state index in [1.165, 1.54) is 15.9 Å². The first-order chi connectivity index (χ1) is 27.6. The first kappa shape index (κ1) is 42.8. The molecule has 316 valence electrons. The molecule has 0 aliphatic carbocycles. The SMILES string of the molecule is CN(C)C(=O)COC(=O)COC1CN(C2CCN(C(=O)[C@@H](Cc3cc(Cl)c(N)c(C(F)(F)F)c3)OC(=O)N3CCC(N4CCc5ccccc5NC4=O)CC3)CC2)C1. The summed E-state index contributed by atoms with van der Waals surface area (Å²) >= 11 is 6.12. The molecule has 3 fully saturated rings. The third kappa shape index (κ3) is 10.4. The first-order valence-corrected chi connectivity index (χ1v) is 19.7. The molecule has 0 aromatic heterocycles. The van der Waals surface area contributed by atoms with Crippen molar-refractivity contribution in [2.24, 2.45) is 0 Å². The number of carbonyl (C=O) groups excluding carboxylic acids is 5. The van der Waals surface area contributed by atoms with E-state index in [9.17, 15) is 37.1 Å². The summed E-state index contributed by atoms with van der Waals surface area (Å²) in [5.41, 5.74) is 5.71. The van der Waals surface area contributed by atoms with Gasteiger partial charge in [-0.3, -0.25) is 14.5 Å². The maximum absolute atomic E-state index is 14.1. The number of likely N-dealkylation sites (tertiary alicyclic amines) is 3. The number of halogens is 4. The number of anilines is 2. The summed E-state index contributed by atoms with van der Waals surface area (Å²) in [5.74, 6) is -1.52. The molecule has 58 heavy (non-hydrogen) atoms. The van der Waals surface area contributed by atoms with E-state index < -0.39 is 41.5 Å². The Bertz CT molecular complexity index is 1850. The average molecular weight is 836 g/mol. The van der Waals surface area contributed by atoms with E-state index in [1.807, 2.05) is 24.3 Å². The van der Waals surface area contributed by atoms with Gasteiger partial charge in [-0.15, -0.1) is 0 Å². The van der Waals surface area contributed by atoms with Crippen LogP contribution in [-0.4, -0.2) is 152 Å². The number of urea groups is 1. The molecule has 4 heterocycles. The van der Waals surface area contributed by atoms with E-state index in [4.69, 9.17) is 31.5 Å². The van der Waals surface area contributed by atoms with Crippen LogP contribution in [0.1, 0.15) is 42.4 Å². The summed E-state index contributed by atoms with van der Waals surface area (Å²) < 4.78 is 58.0. The maximum atomic E-state index is 14.1. The number of ether oxygens (including phenoxy) is 3. The Balaban J connectivity index is 1.04. The zero-order valence-corrected chi connectivity index (χ0v) is 33.2. The van der Waals surface area contributed by atoms with Gasteiger partial charge in [-0.2, -0.15) is 13.2 Å². The highest BCUT2D eigenvalue weighted by atomic mass is 35.5. The summed E-state index contributed by atoms with van der Waals surface area (Å²) in [6.07, 6.45) is -4.82. The third-order valence-corrected chi connectivity index (χ3v) is 11.5. The minimum absolute atomic E-state index is 0.0271. The minimum atomic E-state index is -4.81. The summed E-state index contributed by atoms with van der Waals surface area (Å²) in [7, 11) is 3.12. The quantitative estimate of drug-likeness (QED) is 0.251. The fraction of sp³-hybridized carbons (Fsp3) is 0.564. The van der Waals surface area contributed by atoms with Gasteiger partial charge in [0.1, 0.15) is 6.61 Å². The number of likely N-dealkylation sites (N-methyl/N-ethyl adjacent to an activating group) is 1. The monoisotopic (exact) mass is 835 g/mol. The van der Waals surface area contributed by atoms with Gasteiger partial charge in [-0.05, 0) is 61.4 Å². The van der Waals surface area contributed by atoms with Gasteiger partial charge < -0.3 is 44.9 Å². The highest BCUT2D eigenvalue weighted by molar-refractivity contribution is 6.33. The predicted molar refractivity (Wildman–Crippen MR) is 206 cm³/mol. The summed E-state index contributed by atoms with van der Waals surface area (Å²) in [6, 6.07) is 9.45. The Morgan fingerprint density at radius 3 is 2.28 bits per heavy atom. The fourth-order valence-electron chi connectivity index (χ4n) is 7.74. The number of amides is 5. The number of hydrogen-bond donors (Lipinski definition) is 2. The number of para-hydroxylation sites is 1. The van der Waals surface area contributed by atoms with Crippen molar-refractivity contribution < 1.29 is 51.4 Å². The molecule has 0 bridgehead atoms. The molecule has 15 nitrogen and oxygen atoms in total. The standard InChI is InChI=1S/C39H49ClF3N7O8/c1-46(2)33(51)22-57-34(52)23-56-28-20-49(21-28)26-8-12-47(13-9-26)36(53)32(19-24-17-29(39(41,42)43)35(44)30(40)18-24)58-38(55)48-14-10-27(11-15-48)50-16-7-25-5-3-4-6-31(25)45-37(50)54/h3-6,17-18,26-28,32H,7-16,19-23,44H2,1-2H3,(H,45,54)/t32-/m1/s1. The summed E-state index contributed by atoms with van der Waals surface area (Å²) in [5, 5.41) is 2.64. The molecule has 1 atom stereocenters. The Morgan fingerprint density at radius 1 is 0.948 bits per heavy atom. The minimum Gasteiger partial charge on any atom is -0.454 e. The zero-order valence-electron chi connectivity index (χ0n) is 32.5. The van der Waals surface area contributed by atoms with Gasteiger partial charge in [-0.1, -0.05) is 29.8 Å². The number of nitrogen functional groups attached to an aromatic ring is 1. The van der Waals surface area contributed by atoms with Crippen LogP contribution in [0.5, 0.6) is 0 Å². The largest absolute Gasteiger partial charge is 0.454 e. The molecular weight excluding hydrogens is 787 g/mol. The second-order valence-electron chi connectivity index (χ2n) is 15.3. The van der Waals surface area contributed by atoms with Crippen molar-refractivity contribution in [3.05, 3.63) is 58.1 Å². The van der Waals surface area contributed by atoms with E-state index >= 15 is 0 Å². The normalized spacial score (nSPS) is 19.1. The molecule has 0 unspecified atom stereocenters. The fourth-order valence-corrected chi connectivity index (χ4v) is 7.98. The van der Waals surface area contributed by atoms with Crippen molar-refractivity contribution in [2.75, 3.05) is 84.2 Å². The van der Waals surface area contributed by atoms with Crippen LogP contribution >= 0.6 is 11.6 Å². The molecule has 6 rings (SSSR count). The Morgan fingerprint density at radius 2 is 1.60 bits per heavy atom. The van der Waals surface area contributed by atoms with E-state index in [0.29, 0.717) is 64.8 Å². The molecule has 19 heteroatoms. The molecule has 3 saturated heterocycles. The van der Waals surface area contributed by atoms with Crippen molar-refractivity contribution in [1.82, 2.24) is 24.5 Å². The van der Waals surface area contributed by atoms with Gasteiger partial charge in [0.2, 0.25) is 0 Å². The number of carbonyl (C=O) groups is 5. The molecule has 3 N–H and O–H groups in total. The Hall–Kier alpha value is -4.81. The molecular formula is C39H49ClF3N7O8. The van der Waals surface area contributed by atoms with Crippen molar-refractivity contribution in [3.8, 4) is 0 Å². The predicted octanol–water partition coefficient (Wildman–Crippen LogP) is 3.87. The second kappa shape index (κ2) is 18.4. The van der Waals surface area contributed by atoms with E-state index in [1.54, 1.807) is 23.9 Å². The van der Waals surface area contributed by atoms with Crippen LogP contribution < -0.4 is 11.1 Å². The smallest absolute Gasteiger partial charge is 0.418 e. The highest BCUT2D eigenvalue weighted by Gasteiger charge is 2.40. The molecule has 5 amide bonds. The van der Waals surface area contributed by atoms with Crippen LogP contribution in [-0.2, 0) is 47.6 Å². The lowest BCUT2D eigenvalue weighted by Gasteiger charge is -2.47. The number of fused-ring (bicyclic) bond motifs is 1. The number of benzene rings is 2. The van der Waals surface area contributed by atoms with Gasteiger partial charge in [0, 0.05) is 84.1 Å². The number of hydrogen-bond acceptors (Lipinski definition) is 10. The summed E-state index contributed by atoms with van der Waals surface area (Å²) in [4.78, 5) is 72.7. The van der Waals surface area contributed by atoms with E-state index in [0.717, 1.165) is 17.3 Å². The number of nitrogens with two attached hydrogens (primary N) is 1. The molecule has 4 aliphatic heterocycles. The van der Waals surface area contributed by atoms with Crippen molar-refractivity contribution in [3.63, 3.8) is 0 Å². The number of alkyl halides is 3. The van der Waals surface area contributed by atoms with Crippen LogP contribution in [0.25, 0.3) is 0 Å². The molecule has 0 radical (unpaired) electrons. The number of nitrogens with zero attached hydrogens (tertiary/aromatic N) is 5. The van der Waals surface area contributed by atoms with Crippen molar-refractivity contribution >= 4 is 52.9 Å². The van der Waals surface area contributed by atoms with Crippen LogP contribution in [0.2, 0.25) is 5.02 Å². The third-order valence-electron chi connectivity index (χ3n) is 11.2. The summed E-state index contributed by atoms with van der Waals surface area (Å²) in [6.45, 7) is 2.13. The van der Waals surface area contributed by atoms with Crippen molar-refractivity contribution in [2.45, 2.75) is 69.0 Å². The Labute approximate surface area is 339 Å². The van der Waals surface area contributed by atoms with Gasteiger partial charge >= 0.3 is 24.3 Å². The zero-order chi connectivity index (χ0) is 41.7. The maximum Gasteiger partial charge on any atom is 0.418 e. The highest BCUT2D eigenvalue weighted by Crippen LogP contribution is 2.38. The van der Waals surface area contributed by atoms with Crippen LogP contribution in [0.3, 0.4) is 0 Å². The average Bonchev–Trinajstić information content (AvgIpc) is 3.34. The van der Waals surface area contributed by atoms with E-state index in [2.05, 4.69) is 10.2 Å². The Kier molecular flexibility index (Phi) is 13.6. The van der Waals surface area contributed by atoms with E-state index in [-0.39, 0.29) is 73.4 Å². The van der Waals surface area contributed by atoms with Crippen LogP contribution in [0, 0.1) is 0 Å². The second-order valence-corrected chi connectivity index (χ2v) is 15.7. The first-order valence-electron chi connectivity index (χ1n) is 19.3. The number of piperidine rings is 2. The lowest BCUT2D eigenvalue weighted by atomic mass is 9.97. The van der Waals surface area contributed by atoms with Gasteiger partial charge in [0.15, 0.2) is 12.7 Å². The number of nitrogens with one attached hydrogen (secondary N) is 1. The lowest BCUT2D eigenvalue weighted by molar-refractivity contribution is -0.161. The molecule has 4 aliphatic rings. The van der Waals surface area contributed by atoms with Gasteiger partial charge in [0.05, 0.1) is 22.4 Å². The molecule has 0 spiro atoms. The number of rotatable bonds is 11. The van der Waals surface area contributed by atoms with Gasteiger partial charge in [0.25, 0.3) is 11.8 Å².